The Morgan fingerprint density at radius 1 is 1.60 bits per heavy atom. The molecule has 0 fully saturated rings. The van der Waals surface area contributed by atoms with Gasteiger partial charge in [0.05, 0.1) is 0 Å². The predicted octanol–water partition coefficient (Wildman–Crippen LogP) is -0.223. The molecule has 4 heteroatoms. The molecule has 0 spiro atoms. The third kappa shape index (κ3) is 4.31. The van der Waals surface area contributed by atoms with E-state index >= 15 is 0 Å². The van der Waals surface area contributed by atoms with Crippen molar-refractivity contribution in [2.75, 3.05) is 7.11 Å². The highest BCUT2D eigenvalue weighted by molar-refractivity contribution is 7.47. The standard InChI is InChI=1S/CH7N2OP/c1-4-5(2)3/h2-3H2,1H3. The van der Waals surface area contributed by atoms with Crippen molar-refractivity contribution in [3.63, 3.8) is 0 Å². The van der Waals surface area contributed by atoms with Crippen molar-refractivity contribution in [3.8, 4) is 0 Å². The van der Waals surface area contributed by atoms with Gasteiger partial charge in [0.25, 0.3) is 0 Å². The fraction of sp³-hybridized carbons (Fsp3) is 1.00. The lowest BCUT2D eigenvalue weighted by Crippen LogP contribution is -1.97. The van der Waals surface area contributed by atoms with Gasteiger partial charge in [-0.2, -0.15) is 0 Å². The molecule has 0 aromatic heterocycles. The summed E-state index contributed by atoms with van der Waals surface area (Å²) in [5.41, 5.74) is 9.82. The van der Waals surface area contributed by atoms with E-state index in [1.807, 2.05) is 0 Å². The van der Waals surface area contributed by atoms with E-state index in [4.69, 9.17) is 11.0 Å². The molecule has 0 aliphatic carbocycles. The van der Waals surface area contributed by atoms with Crippen LogP contribution in [0.2, 0.25) is 0 Å². The Morgan fingerprint density at radius 3 is 1.80 bits per heavy atom. The lowest BCUT2D eigenvalue weighted by molar-refractivity contribution is 0.462. The van der Waals surface area contributed by atoms with Crippen LogP contribution in [0.25, 0.3) is 0 Å². The summed E-state index contributed by atoms with van der Waals surface area (Å²) >= 11 is 0. The van der Waals surface area contributed by atoms with E-state index in [2.05, 4.69) is 4.52 Å². The van der Waals surface area contributed by atoms with Crippen LogP contribution < -0.4 is 11.0 Å². The highest BCUT2D eigenvalue weighted by Gasteiger charge is 1.79. The Balaban J connectivity index is 2.54. The van der Waals surface area contributed by atoms with Gasteiger partial charge in [-0.3, -0.25) is 11.0 Å². The summed E-state index contributed by atoms with van der Waals surface area (Å²) in [6.45, 7) is 0. The van der Waals surface area contributed by atoms with Gasteiger partial charge in [0.15, 0.2) is 8.45 Å². The third-order valence-corrected chi connectivity index (χ3v) is 0.632. The summed E-state index contributed by atoms with van der Waals surface area (Å²) in [7, 11) is 0.380. The van der Waals surface area contributed by atoms with Crippen LogP contribution in [0, 0.1) is 0 Å². The summed E-state index contributed by atoms with van der Waals surface area (Å²) in [4.78, 5) is 0. The molecule has 4 N–H and O–H groups in total. The average Bonchev–Trinajstić information content (AvgIpc) is 1.38. The average molecular weight is 94.1 g/mol. The summed E-state index contributed by atoms with van der Waals surface area (Å²) in [6, 6.07) is 0. The van der Waals surface area contributed by atoms with Gasteiger partial charge in [-0.1, -0.05) is 0 Å². The Hall–Kier alpha value is 0.310. The molecule has 0 unspecified atom stereocenters. The Labute approximate surface area is 32.2 Å². The van der Waals surface area contributed by atoms with Gasteiger partial charge in [0.2, 0.25) is 0 Å². The minimum Gasteiger partial charge on any atom is -0.335 e. The molecule has 5 heavy (non-hydrogen) atoms. The van der Waals surface area contributed by atoms with Crippen molar-refractivity contribution in [3.05, 3.63) is 0 Å². The lowest BCUT2D eigenvalue weighted by atomic mass is 11.8. The summed E-state index contributed by atoms with van der Waals surface area (Å²) in [5.74, 6) is 0. The van der Waals surface area contributed by atoms with Gasteiger partial charge in [0.1, 0.15) is 0 Å². The largest absolute Gasteiger partial charge is 0.335 e. The van der Waals surface area contributed by atoms with E-state index in [0.29, 0.717) is 0 Å². The van der Waals surface area contributed by atoms with E-state index < -0.39 is 8.45 Å². The molecule has 0 bridgehead atoms. The molecular formula is CH7N2OP. The van der Waals surface area contributed by atoms with Crippen molar-refractivity contribution >= 4 is 8.45 Å². The van der Waals surface area contributed by atoms with Gasteiger partial charge in [-0.25, -0.2) is 0 Å². The first-order valence-corrected chi connectivity index (χ1v) is 2.51. The molecule has 0 saturated carbocycles. The number of nitrogens with two attached hydrogens (primary N) is 2. The molecule has 32 valence electrons. The van der Waals surface area contributed by atoms with Crippen LogP contribution in [0.4, 0.5) is 0 Å². The fourth-order valence-corrected chi connectivity index (χ4v) is 0. The van der Waals surface area contributed by atoms with Crippen molar-refractivity contribution in [1.82, 2.24) is 0 Å². The highest BCUT2D eigenvalue weighted by Crippen LogP contribution is 2.09. The molecule has 0 rings (SSSR count). The van der Waals surface area contributed by atoms with E-state index in [1.54, 1.807) is 0 Å². The molecule has 0 aliphatic heterocycles. The predicted molar refractivity (Wildman–Crippen MR) is 22.3 cm³/mol. The molecule has 0 aliphatic rings. The molecule has 0 radical (unpaired) electrons. The Morgan fingerprint density at radius 2 is 1.80 bits per heavy atom. The van der Waals surface area contributed by atoms with E-state index in [-0.39, 0.29) is 0 Å². The Kier molecular flexibility index (Phi) is 2.70. The zero-order valence-corrected chi connectivity index (χ0v) is 3.90. The monoisotopic (exact) mass is 94.0 g/mol. The maximum absolute atomic E-state index is 4.91. The van der Waals surface area contributed by atoms with Crippen molar-refractivity contribution in [2.24, 2.45) is 11.0 Å². The highest BCUT2D eigenvalue weighted by atomic mass is 31.2. The van der Waals surface area contributed by atoms with Gasteiger partial charge >= 0.3 is 0 Å². The summed E-state index contributed by atoms with van der Waals surface area (Å²) in [5, 5.41) is 0. The van der Waals surface area contributed by atoms with Gasteiger partial charge < -0.3 is 4.52 Å². The topological polar surface area (TPSA) is 61.3 Å². The van der Waals surface area contributed by atoms with E-state index in [1.165, 1.54) is 7.11 Å². The van der Waals surface area contributed by atoms with Crippen molar-refractivity contribution < 1.29 is 4.52 Å². The van der Waals surface area contributed by atoms with Gasteiger partial charge in [0, 0.05) is 7.11 Å². The zero-order chi connectivity index (χ0) is 4.28. The first-order valence-electron chi connectivity index (χ1n) is 1.11. The minimum absolute atomic E-state index is 1.10. The quantitative estimate of drug-likeness (QED) is 0.441. The zero-order valence-electron chi connectivity index (χ0n) is 3.01. The number of rotatable bonds is 1. The van der Waals surface area contributed by atoms with Crippen LogP contribution in [0.1, 0.15) is 0 Å². The van der Waals surface area contributed by atoms with Crippen LogP contribution in [0.5, 0.6) is 0 Å². The maximum Gasteiger partial charge on any atom is 0.176 e. The normalized spacial score (nSPS) is 9.60. The molecule has 0 aromatic rings. The minimum atomic E-state index is -1.10. The first-order chi connectivity index (χ1) is 2.27. The van der Waals surface area contributed by atoms with Crippen LogP contribution >= 0.6 is 8.45 Å². The lowest BCUT2D eigenvalue weighted by Gasteiger charge is -1.94. The number of hydrogen-bond acceptors (Lipinski definition) is 3. The SMILES string of the molecule is COP(N)N. The van der Waals surface area contributed by atoms with Gasteiger partial charge in [-0.15, -0.1) is 0 Å². The summed E-state index contributed by atoms with van der Waals surface area (Å²) < 4.78 is 4.37. The van der Waals surface area contributed by atoms with Gasteiger partial charge in [-0.05, 0) is 0 Å². The number of hydrogen-bond donors (Lipinski definition) is 2. The third-order valence-electron chi connectivity index (χ3n) is 0.211. The molecule has 0 amide bonds. The van der Waals surface area contributed by atoms with Crippen molar-refractivity contribution in [1.29, 1.82) is 0 Å². The molecule has 0 saturated heterocycles. The first kappa shape index (κ1) is 5.31. The van der Waals surface area contributed by atoms with Crippen molar-refractivity contribution in [2.45, 2.75) is 0 Å². The smallest absolute Gasteiger partial charge is 0.176 e. The molecule has 0 atom stereocenters. The molecular weight excluding hydrogens is 87.0 g/mol. The van der Waals surface area contributed by atoms with E-state index in [9.17, 15) is 0 Å². The maximum atomic E-state index is 4.91. The molecule has 0 heterocycles. The molecule has 3 nitrogen and oxygen atoms in total. The molecule has 0 aromatic carbocycles. The fourth-order valence-electron chi connectivity index (χ4n) is 0. The van der Waals surface area contributed by atoms with Crippen LogP contribution in [0.3, 0.4) is 0 Å². The van der Waals surface area contributed by atoms with Crippen LogP contribution in [-0.4, -0.2) is 7.11 Å². The van der Waals surface area contributed by atoms with E-state index in [0.717, 1.165) is 0 Å². The second-order valence-electron chi connectivity index (χ2n) is 0.542. The Bertz CT molecular complexity index is 23.6. The second kappa shape index (κ2) is 2.54. The van der Waals surface area contributed by atoms with Crippen LogP contribution in [-0.2, 0) is 4.52 Å². The van der Waals surface area contributed by atoms with Crippen LogP contribution in [0.15, 0.2) is 0 Å². The second-order valence-corrected chi connectivity index (χ2v) is 1.63. The summed E-state index contributed by atoms with van der Waals surface area (Å²) in [6.07, 6.45) is 0.